The Labute approximate surface area is 207 Å². The summed E-state index contributed by atoms with van der Waals surface area (Å²) in [6.07, 6.45) is 4.82. The molecule has 3 aromatic rings. The number of carbonyl (C=O) groups excluding carboxylic acids is 1. The van der Waals surface area contributed by atoms with E-state index in [1.165, 1.54) is 10.9 Å². The van der Waals surface area contributed by atoms with Gasteiger partial charge in [-0.3, -0.25) is 10.2 Å². The van der Waals surface area contributed by atoms with Crippen LogP contribution in [0.1, 0.15) is 37.4 Å². The van der Waals surface area contributed by atoms with Crippen LogP contribution < -0.4 is 26.4 Å². The predicted octanol–water partition coefficient (Wildman–Crippen LogP) is 2.14. The van der Waals surface area contributed by atoms with Crippen molar-refractivity contribution in [2.45, 2.75) is 51.1 Å². The van der Waals surface area contributed by atoms with Crippen LogP contribution in [0.4, 0.5) is 20.4 Å². The van der Waals surface area contributed by atoms with Gasteiger partial charge in [0.15, 0.2) is 11.6 Å². The van der Waals surface area contributed by atoms with Crippen molar-refractivity contribution in [2.75, 3.05) is 23.3 Å². The number of aryl methyl sites for hydroxylation is 1. The summed E-state index contributed by atoms with van der Waals surface area (Å²) in [7, 11) is 0. The lowest BCUT2D eigenvalue weighted by Gasteiger charge is -2.44. The lowest BCUT2D eigenvalue weighted by atomic mass is 9.94. The summed E-state index contributed by atoms with van der Waals surface area (Å²) in [5.41, 5.74) is 6.00. The first-order valence-electron chi connectivity index (χ1n) is 11.9. The van der Waals surface area contributed by atoms with E-state index in [9.17, 15) is 9.18 Å². The zero-order valence-electron chi connectivity index (χ0n) is 20.3. The van der Waals surface area contributed by atoms with Crippen LogP contribution in [0.2, 0.25) is 0 Å². The summed E-state index contributed by atoms with van der Waals surface area (Å²) < 4.78 is 29.9. The molecule has 36 heavy (non-hydrogen) atoms. The largest absolute Gasteiger partial charge is 0.353 e. The highest BCUT2D eigenvalue weighted by Gasteiger charge is 2.51. The number of hydrogen-bond acceptors (Lipinski definition) is 8. The fourth-order valence-corrected chi connectivity index (χ4v) is 4.36. The molecule has 2 unspecified atom stereocenters. The molecule has 4 N–H and O–H groups in total. The average molecular weight is 498 g/mol. The number of pyridine rings is 2. The van der Waals surface area contributed by atoms with E-state index in [2.05, 4.69) is 43.5 Å². The molecule has 0 aromatic carbocycles. The van der Waals surface area contributed by atoms with E-state index in [0.717, 1.165) is 18.2 Å². The minimum atomic E-state index is -2.01. The summed E-state index contributed by atoms with van der Waals surface area (Å²) in [5.74, 6) is 0.620. The van der Waals surface area contributed by atoms with Crippen LogP contribution in [0, 0.1) is 12.7 Å². The van der Waals surface area contributed by atoms with E-state index in [-0.39, 0.29) is 19.3 Å². The van der Waals surface area contributed by atoms with Crippen LogP contribution in [-0.4, -0.2) is 56.6 Å². The first kappa shape index (κ1) is 24.1. The van der Waals surface area contributed by atoms with Crippen LogP contribution in [0.25, 0.3) is 5.82 Å². The van der Waals surface area contributed by atoms with Gasteiger partial charge in [0.05, 0.1) is 37.7 Å². The first-order valence-corrected chi connectivity index (χ1v) is 11.9. The number of anilines is 2. The smallest absolute Gasteiger partial charge is 0.261 e. The van der Waals surface area contributed by atoms with Gasteiger partial charge in [0, 0.05) is 12.2 Å². The molecule has 3 atom stereocenters. The van der Waals surface area contributed by atoms with Gasteiger partial charge in [0.25, 0.3) is 5.91 Å². The van der Waals surface area contributed by atoms with Crippen LogP contribution >= 0.6 is 0 Å². The zero-order chi connectivity index (χ0) is 25.4. The van der Waals surface area contributed by atoms with E-state index < -0.39 is 23.4 Å². The normalized spacial score (nSPS) is 21.6. The van der Waals surface area contributed by atoms with Crippen molar-refractivity contribution in [1.82, 2.24) is 35.9 Å². The number of aromatic nitrogens is 4. The third kappa shape index (κ3) is 5.00. The number of amides is 1. The molecule has 0 aliphatic carbocycles. The van der Waals surface area contributed by atoms with Gasteiger partial charge >= 0.3 is 0 Å². The maximum absolute atomic E-state index is 15.4. The van der Waals surface area contributed by atoms with Gasteiger partial charge in [-0.25, -0.2) is 28.9 Å². The van der Waals surface area contributed by atoms with E-state index in [0.29, 0.717) is 29.1 Å². The quantitative estimate of drug-likeness (QED) is 0.393. The molecule has 0 spiro atoms. The van der Waals surface area contributed by atoms with Gasteiger partial charge in [0.1, 0.15) is 11.6 Å². The van der Waals surface area contributed by atoms with Gasteiger partial charge in [-0.1, -0.05) is 6.07 Å². The number of carbonyl (C=O) groups is 1. The Bertz CT molecular complexity index is 1240. The molecule has 0 bridgehead atoms. The molecule has 10 nitrogen and oxygen atoms in total. The number of hydrazine groups is 1. The standard InChI is InChI=1S/C24H29F2N9O/c1-14-6-19(30-20-8-15(2)32-33-20)31-22(7-14)34-12-24(26,13-34)23(36)29-16(3)17-4-5-21(27-9-17)35-11-18(25)10-28-35/h4-7,9-11,15-16,20,32-33H,8,12-13H2,1-3H3,(H,29,36)(H,30,31)/t15?,16-,20?/m0/s1. The number of hydrogen-bond donors (Lipinski definition) is 4. The molecule has 5 rings (SSSR count). The van der Waals surface area contributed by atoms with Crippen molar-refractivity contribution < 1.29 is 13.6 Å². The number of nitrogens with one attached hydrogen (secondary N) is 4. The molecule has 5 heterocycles. The topological polar surface area (TPSA) is 112 Å². The van der Waals surface area contributed by atoms with Gasteiger partial charge < -0.3 is 15.5 Å². The van der Waals surface area contributed by atoms with Crippen molar-refractivity contribution in [2.24, 2.45) is 0 Å². The minimum absolute atomic E-state index is 0.0512. The molecule has 2 fully saturated rings. The van der Waals surface area contributed by atoms with Crippen LogP contribution in [-0.2, 0) is 4.79 Å². The Morgan fingerprint density at radius 1 is 1.22 bits per heavy atom. The molecule has 0 saturated carbocycles. The van der Waals surface area contributed by atoms with Crippen LogP contribution in [0.5, 0.6) is 0 Å². The Morgan fingerprint density at radius 2 is 2.03 bits per heavy atom. The molecule has 190 valence electrons. The third-order valence-electron chi connectivity index (χ3n) is 6.39. The van der Waals surface area contributed by atoms with Crippen molar-refractivity contribution in [3.63, 3.8) is 0 Å². The highest BCUT2D eigenvalue weighted by Crippen LogP contribution is 2.32. The van der Waals surface area contributed by atoms with Crippen LogP contribution in [0.3, 0.4) is 0 Å². The Hall–Kier alpha value is -3.64. The first-order chi connectivity index (χ1) is 17.2. The molecule has 0 radical (unpaired) electrons. The van der Waals surface area contributed by atoms with Crippen molar-refractivity contribution in [1.29, 1.82) is 0 Å². The molecular weight excluding hydrogens is 468 g/mol. The van der Waals surface area contributed by atoms with Gasteiger partial charge in [-0.15, -0.1) is 0 Å². The SMILES string of the molecule is Cc1cc(NC2CC(C)NN2)nc(N2CC(F)(C(=O)N[C@@H](C)c3ccc(-n4cc(F)cn4)nc3)C2)c1. The second-order valence-electron chi connectivity index (χ2n) is 9.58. The maximum atomic E-state index is 15.4. The molecule has 2 saturated heterocycles. The lowest BCUT2D eigenvalue weighted by molar-refractivity contribution is -0.135. The van der Waals surface area contributed by atoms with E-state index in [1.54, 1.807) is 30.2 Å². The van der Waals surface area contributed by atoms with Crippen molar-refractivity contribution in [3.8, 4) is 5.82 Å². The molecular formula is C24H29F2N9O. The third-order valence-corrected chi connectivity index (χ3v) is 6.39. The van der Waals surface area contributed by atoms with E-state index in [4.69, 9.17) is 0 Å². The lowest BCUT2D eigenvalue weighted by Crippen LogP contribution is -2.66. The van der Waals surface area contributed by atoms with Crippen LogP contribution in [0.15, 0.2) is 42.9 Å². The molecule has 1 amide bonds. The average Bonchev–Trinajstić information content (AvgIpc) is 3.44. The van der Waals surface area contributed by atoms with Gasteiger partial charge in [-0.05, 0) is 56.5 Å². The summed E-state index contributed by atoms with van der Waals surface area (Å²) in [6.45, 7) is 5.65. The summed E-state index contributed by atoms with van der Waals surface area (Å²) in [5, 5.41) is 9.95. The number of rotatable bonds is 7. The monoisotopic (exact) mass is 497 g/mol. The van der Waals surface area contributed by atoms with Gasteiger partial charge in [-0.2, -0.15) is 5.10 Å². The maximum Gasteiger partial charge on any atom is 0.261 e. The van der Waals surface area contributed by atoms with Crippen molar-refractivity contribution in [3.05, 3.63) is 59.8 Å². The fraction of sp³-hybridized carbons (Fsp3) is 0.417. The fourth-order valence-electron chi connectivity index (χ4n) is 4.36. The Balaban J connectivity index is 1.18. The predicted molar refractivity (Wildman–Crippen MR) is 131 cm³/mol. The minimum Gasteiger partial charge on any atom is -0.353 e. The Morgan fingerprint density at radius 3 is 2.67 bits per heavy atom. The summed E-state index contributed by atoms with van der Waals surface area (Å²) in [4.78, 5) is 23.4. The Kier molecular flexibility index (Phi) is 6.31. The van der Waals surface area contributed by atoms with E-state index >= 15 is 4.39 Å². The second-order valence-corrected chi connectivity index (χ2v) is 9.58. The molecule has 2 aliphatic heterocycles. The highest BCUT2D eigenvalue weighted by atomic mass is 19.1. The van der Waals surface area contributed by atoms with E-state index in [1.807, 2.05) is 19.1 Å². The molecule has 3 aromatic heterocycles. The molecule has 2 aliphatic rings. The zero-order valence-corrected chi connectivity index (χ0v) is 20.3. The van der Waals surface area contributed by atoms with Gasteiger partial charge in [0.2, 0.25) is 5.67 Å². The number of alkyl halides is 1. The molecule has 12 heteroatoms. The number of halogens is 2. The highest BCUT2D eigenvalue weighted by molar-refractivity contribution is 5.89. The summed E-state index contributed by atoms with van der Waals surface area (Å²) >= 11 is 0. The number of nitrogens with zero attached hydrogens (tertiary/aromatic N) is 5. The second kappa shape index (κ2) is 9.43. The summed E-state index contributed by atoms with van der Waals surface area (Å²) in [6, 6.07) is 7.11. The van der Waals surface area contributed by atoms with Crippen molar-refractivity contribution >= 4 is 17.5 Å².